The first-order valence-corrected chi connectivity index (χ1v) is 4.52. The maximum atomic E-state index is 11.0. The highest BCUT2D eigenvalue weighted by molar-refractivity contribution is 5.80. The molecular weight excluding hydrogens is 194 g/mol. The van der Waals surface area contributed by atoms with Crippen molar-refractivity contribution in [1.82, 2.24) is 0 Å². The predicted molar refractivity (Wildman–Crippen MR) is 56.8 cm³/mol. The zero-order valence-electron chi connectivity index (χ0n) is 8.65. The van der Waals surface area contributed by atoms with Crippen LogP contribution in [0, 0.1) is 0 Å². The minimum absolute atomic E-state index is 0.581. The van der Waals surface area contributed by atoms with Crippen LogP contribution >= 0.6 is 0 Å². The molecule has 0 radical (unpaired) electrons. The molecule has 80 valence electrons. The van der Waals surface area contributed by atoms with Gasteiger partial charge in [-0.3, -0.25) is 9.59 Å². The molecule has 0 aliphatic carbocycles. The van der Waals surface area contributed by atoms with Crippen molar-refractivity contribution in [2.24, 2.45) is 0 Å². The largest absolute Gasteiger partial charge is 0.481 e. The summed E-state index contributed by atoms with van der Waals surface area (Å²) in [5.74, 6) is -0.876. The normalized spacial score (nSPS) is 10.8. The van der Waals surface area contributed by atoms with Gasteiger partial charge >= 0.3 is 5.97 Å². The van der Waals surface area contributed by atoms with Gasteiger partial charge in [-0.05, 0) is 31.5 Å². The number of hydrogen-bond donors (Lipinski definition) is 2. The van der Waals surface area contributed by atoms with Crippen LogP contribution in [-0.2, 0) is 15.0 Å². The van der Waals surface area contributed by atoms with Gasteiger partial charge in [-0.1, -0.05) is 12.1 Å². The molecule has 0 saturated carbocycles. The van der Waals surface area contributed by atoms with E-state index in [0.29, 0.717) is 17.7 Å². The maximum Gasteiger partial charge on any atom is 0.313 e. The minimum atomic E-state index is -0.917. The monoisotopic (exact) mass is 207 g/mol. The Kier molecular flexibility index (Phi) is 3.09. The van der Waals surface area contributed by atoms with E-state index in [4.69, 9.17) is 5.11 Å². The molecule has 0 spiro atoms. The van der Waals surface area contributed by atoms with Crippen molar-refractivity contribution in [2.45, 2.75) is 19.3 Å². The van der Waals surface area contributed by atoms with E-state index < -0.39 is 11.4 Å². The van der Waals surface area contributed by atoms with E-state index in [1.54, 1.807) is 38.1 Å². The van der Waals surface area contributed by atoms with Crippen LogP contribution in [0.4, 0.5) is 5.69 Å². The molecule has 0 atom stereocenters. The third-order valence-corrected chi connectivity index (χ3v) is 2.37. The van der Waals surface area contributed by atoms with Gasteiger partial charge in [-0.15, -0.1) is 0 Å². The average Bonchev–Trinajstić information content (AvgIpc) is 2.19. The number of aliphatic carboxylic acids is 1. The zero-order chi connectivity index (χ0) is 11.5. The molecule has 0 fully saturated rings. The molecule has 0 aliphatic rings. The number of carbonyl (C=O) groups is 2. The first-order chi connectivity index (χ1) is 6.98. The number of carboxylic acids is 1. The van der Waals surface area contributed by atoms with Gasteiger partial charge in [0.2, 0.25) is 6.41 Å². The number of amides is 1. The Balaban J connectivity index is 2.98. The molecule has 15 heavy (non-hydrogen) atoms. The Hall–Kier alpha value is -1.84. The summed E-state index contributed by atoms with van der Waals surface area (Å²) >= 11 is 0. The van der Waals surface area contributed by atoms with Crippen molar-refractivity contribution in [2.75, 3.05) is 5.32 Å². The lowest BCUT2D eigenvalue weighted by Gasteiger charge is -2.19. The molecular formula is C11H13NO3. The second-order valence-corrected chi connectivity index (χ2v) is 3.77. The van der Waals surface area contributed by atoms with Crippen molar-refractivity contribution in [3.8, 4) is 0 Å². The molecule has 0 saturated heterocycles. The first-order valence-electron chi connectivity index (χ1n) is 4.52. The van der Waals surface area contributed by atoms with Crippen LogP contribution < -0.4 is 5.32 Å². The lowest BCUT2D eigenvalue weighted by molar-refractivity contribution is -0.142. The van der Waals surface area contributed by atoms with Gasteiger partial charge in [-0.2, -0.15) is 0 Å². The lowest BCUT2D eigenvalue weighted by atomic mass is 9.85. The number of nitrogens with one attached hydrogen (secondary N) is 1. The Morgan fingerprint density at radius 3 is 2.27 bits per heavy atom. The van der Waals surface area contributed by atoms with Crippen LogP contribution in [-0.4, -0.2) is 17.5 Å². The van der Waals surface area contributed by atoms with Gasteiger partial charge in [0.25, 0.3) is 0 Å². The molecule has 0 unspecified atom stereocenters. The summed E-state index contributed by atoms with van der Waals surface area (Å²) in [6.07, 6.45) is 0.581. The van der Waals surface area contributed by atoms with E-state index in [9.17, 15) is 9.59 Å². The standard InChI is InChI=1S/C11H13NO3/c1-11(2,10(14)15)8-3-5-9(6-4-8)12-7-13/h3-7H,1-2H3,(H,12,13)(H,14,15). The van der Waals surface area contributed by atoms with Crippen molar-refractivity contribution >= 4 is 18.1 Å². The number of carbonyl (C=O) groups excluding carboxylic acids is 1. The molecule has 0 bridgehead atoms. The molecule has 1 rings (SSSR count). The number of rotatable bonds is 4. The highest BCUT2D eigenvalue weighted by atomic mass is 16.4. The summed E-state index contributed by atoms with van der Waals surface area (Å²) in [5.41, 5.74) is 0.432. The summed E-state index contributed by atoms with van der Waals surface area (Å²) in [6.45, 7) is 3.27. The lowest BCUT2D eigenvalue weighted by Crippen LogP contribution is -2.28. The topological polar surface area (TPSA) is 66.4 Å². The number of hydrogen-bond acceptors (Lipinski definition) is 2. The van der Waals surface area contributed by atoms with Crippen molar-refractivity contribution < 1.29 is 14.7 Å². The summed E-state index contributed by atoms with van der Waals surface area (Å²) in [6, 6.07) is 6.74. The van der Waals surface area contributed by atoms with E-state index in [-0.39, 0.29) is 0 Å². The SMILES string of the molecule is CC(C)(C(=O)O)c1ccc(NC=O)cc1. The second-order valence-electron chi connectivity index (χ2n) is 3.77. The third-order valence-electron chi connectivity index (χ3n) is 2.37. The van der Waals surface area contributed by atoms with Crippen LogP contribution in [0.25, 0.3) is 0 Å². The van der Waals surface area contributed by atoms with Gasteiger partial charge in [-0.25, -0.2) is 0 Å². The van der Waals surface area contributed by atoms with Crippen LogP contribution in [0.2, 0.25) is 0 Å². The smallest absolute Gasteiger partial charge is 0.313 e. The predicted octanol–water partition coefficient (Wildman–Crippen LogP) is 1.62. The number of carboxylic acid groups (broad SMARTS) is 1. The van der Waals surface area contributed by atoms with E-state index in [0.717, 1.165) is 0 Å². The molecule has 0 heterocycles. The molecule has 4 nitrogen and oxygen atoms in total. The summed E-state index contributed by atoms with van der Waals surface area (Å²) in [5, 5.41) is 11.5. The fraction of sp³-hybridized carbons (Fsp3) is 0.273. The molecule has 0 aromatic heterocycles. The highest BCUT2D eigenvalue weighted by Crippen LogP contribution is 2.24. The molecule has 0 aliphatic heterocycles. The second kappa shape index (κ2) is 4.13. The average molecular weight is 207 g/mol. The Bertz CT molecular complexity index is 368. The molecule has 1 aromatic carbocycles. The van der Waals surface area contributed by atoms with Gasteiger partial charge in [0.1, 0.15) is 0 Å². The van der Waals surface area contributed by atoms with E-state index in [1.165, 1.54) is 0 Å². The van der Waals surface area contributed by atoms with Crippen LogP contribution in [0.3, 0.4) is 0 Å². The highest BCUT2D eigenvalue weighted by Gasteiger charge is 2.28. The van der Waals surface area contributed by atoms with E-state index in [2.05, 4.69) is 5.32 Å². The van der Waals surface area contributed by atoms with Crippen LogP contribution in [0.15, 0.2) is 24.3 Å². The van der Waals surface area contributed by atoms with Gasteiger partial charge in [0.05, 0.1) is 5.41 Å². The van der Waals surface area contributed by atoms with Crippen molar-refractivity contribution in [3.63, 3.8) is 0 Å². The van der Waals surface area contributed by atoms with Crippen LogP contribution in [0.1, 0.15) is 19.4 Å². The molecule has 1 aromatic rings. The number of benzene rings is 1. The Labute approximate surface area is 87.9 Å². The third kappa shape index (κ3) is 2.34. The summed E-state index contributed by atoms with van der Waals surface area (Å²) in [4.78, 5) is 21.1. The van der Waals surface area contributed by atoms with Gasteiger partial charge in [0, 0.05) is 5.69 Å². The first kappa shape index (κ1) is 11.2. The summed E-state index contributed by atoms with van der Waals surface area (Å²) < 4.78 is 0. The molecule has 2 N–H and O–H groups in total. The van der Waals surface area contributed by atoms with Gasteiger partial charge in [0.15, 0.2) is 0 Å². The van der Waals surface area contributed by atoms with E-state index >= 15 is 0 Å². The maximum absolute atomic E-state index is 11.0. The van der Waals surface area contributed by atoms with Crippen molar-refractivity contribution in [3.05, 3.63) is 29.8 Å². The fourth-order valence-electron chi connectivity index (χ4n) is 1.17. The minimum Gasteiger partial charge on any atom is -0.481 e. The summed E-state index contributed by atoms with van der Waals surface area (Å²) in [7, 11) is 0. The fourth-order valence-corrected chi connectivity index (χ4v) is 1.17. The molecule has 4 heteroatoms. The van der Waals surface area contributed by atoms with Gasteiger partial charge < -0.3 is 10.4 Å². The van der Waals surface area contributed by atoms with E-state index in [1.807, 2.05) is 0 Å². The van der Waals surface area contributed by atoms with Crippen molar-refractivity contribution in [1.29, 1.82) is 0 Å². The number of anilines is 1. The Morgan fingerprint density at radius 1 is 1.33 bits per heavy atom. The quantitative estimate of drug-likeness (QED) is 0.737. The van der Waals surface area contributed by atoms with Crippen LogP contribution in [0.5, 0.6) is 0 Å². The zero-order valence-corrected chi connectivity index (χ0v) is 8.65. The molecule has 1 amide bonds. The Morgan fingerprint density at radius 2 is 1.87 bits per heavy atom.